The number of carbonyl (C=O) groups excluding carboxylic acids is 2. The molecule has 8 nitrogen and oxygen atoms in total. The molecule has 1 atom stereocenters. The van der Waals surface area contributed by atoms with Crippen LogP contribution in [0.25, 0.3) is 0 Å². The van der Waals surface area contributed by atoms with Crippen molar-refractivity contribution in [2.45, 2.75) is 44.2 Å². The van der Waals surface area contributed by atoms with Crippen LogP contribution in [0.2, 0.25) is 0 Å². The summed E-state index contributed by atoms with van der Waals surface area (Å²) in [6, 6.07) is 22.9. The van der Waals surface area contributed by atoms with Crippen molar-refractivity contribution in [3.05, 3.63) is 90.0 Å². The summed E-state index contributed by atoms with van der Waals surface area (Å²) in [5, 5.41) is 5.57. The molecule has 2 amide bonds. The van der Waals surface area contributed by atoms with Gasteiger partial charge in [0, 0.05) is 24.7 Å². The van der Waals surface area contributed by atoms with E-state index in [1.165, 1.54) is 4.31 Å². The Labute approximate surface area is 224 Å². The Morgan fingerprint density at radius 3 is 2.21 bits per heavy atom. The summed E-state index contributed by atoms with van der Waals surface area (Å²) < 4.78 is 33.0. The van der Waals surface area contributed by atoms with E-state index < -0.39 is 16.1 Å². The molecule has 0 unspecified atom stereocenters. The van der Waals surface area contributed by atoms with Gasteiger partial charge >= 0.3 is 0 Å². The molecule has 0 bridgehead atoms. The fourth-order valence-corrected chi connectivity index (χ4v) is 5.71. The second-order valence-electron chi connectivity index (χ2n) is 9.51. The maximum atomic E-state index is 12.9. The minimum atomic E-state index is -3.59. The quantitative estimate of drug-likeness (QED) is 0.429. The van der Waals surface area contributed by atoms with Crippen LogP contribution in [0.15, 0.2) is 83.8 Å². The lowest BCUT2D eigenvalue weighted by Gasteiger charge is -2.31. The zero-order valence-corrected chi connectivity index (χ0v) is 22.4. The van der Waals surface area contributed by atoms with Crippen LogP contribution in [0.3, 0.4) is 0 Å². The molecule has 1 aliphatic rings. The summed E-state index contributed by atoms with van der Waals surface area (Å²) in [4.78, 5) is 25.7. The average molecular weight is 536 g/mol. The summed E-state index contributed by atoms with van der Waals surface area (Å²) in [5.74, 6) is -0.250. The minimum Gasteiger partial charge on any atom is -0.489 e. The molecule has 0 aromatic heterocycles. The summed E-state index contributed by atoms with van der Waals surface area (Å²) >= 11 is 0. The maximum absolute atomic E-state index is 12.9. The van der Waals surface area contributed by atoms with Crippen molar-refractivity contribution in [2.24, 2.45) is 5.92 Å². The summed E-state index contributed by atoms with van der Waals surface area (Å²) in [7, 11) is -3.59. The number of piperidine rings is 1. The Balaban J connectivity index is 1.23. The zero-order valence-electron chi connectivity index (χ0n) is 21.6. The Morgan fingerprint density at radius 1 is 0.947 bits per heavy atom. The fraction of sp³-hybridized carbons (Fsp3) is 0.310. The summed E-state index contributed by atoms with van der Waals surface area (Å²) in [6.07, 6.45) is 0.797. The first-order valence-electron chi connectivity index (χ1n) is 12.7. The van der Waals surface area contributed by atoms with Gasteiger partial charge in [0.05, 0.1) is 4.90 Å². The van der Waals surface area contributed by atoms with Gasteiger partial charge in [0.2, 0.25) is 21.8 Å². The second kappa shape index (κ2) is 12.2. The van der Waals surface area contributed by atoms with E-state index in [9.17, 15) is 18.0 Å². The van der Waals surface area contributed by atoms with E-state index >= 15 is 0 Å². The number of ether oxygens (including phenoxy) is 1. The van der Waals surface area contributed by atoms with Crippen LogP contribution in [0.4, 0.5) is 5.69 Å². The maximum Gasteiger partial charge on any atom is 0.246 e. The normalized spacial score (nSPS) is 15.4. The lowest BCUT2D eigenvalue weighted by molar-refractivity contribution is -0.129. The van der Waals surface area contributed by atoms with Gasteiger partial charge in [0.25, 0.3) is 0 Å². The number of benzene rings is 3. The van der Waals surface area contributed by atoms with Crippen molar-refractivity contribution >= 4 is 27.5 Å². The number of aryl methyl sites for hydroxylation is 1. The first-order valence-corrected chi connectivity index (χ1v) is 14.1. The van der Waals surface area contributed by atoms with E-state index in [2.05, 4.69) is 10.6 Å². The van der Waals surface area contributed by atoms with Gasteiger partial charge < -0.3 is 15.4 Å². The van der Waals surface area contributed by atoms with Gasteiger partial charge in [-0.15, -0.1) is 0 Å². The minimum absolute atomic E-state index is 0.246. The molecule has 2 N–H and O–H groups in total. The molecule has 4 rings (SSSR count). The highest BCUT2D eigenvalue weighted by molar-refractivity contribution is 7.89. The molecule has 0 radical (unpaired) electrons. The number of anilines is 1. The zero-order chi connectivity index (χ0) is 27.1. The molecule has 0 saturated carbocycles. The van der Waals surface area contributed by atoms with Gasteiger partial charge in [-0.25, -0.2) is 8.42 Å². The Hall–Kier alpha value is -3.69. The van der Waals surface area contributed by atoms with Gasteiger partial charge in [-0.05, 0) is 68.7 Å². The molecule has 200 valence electrons. The number of rotatable bonds is 9. The average Bonchev–Trinajstić information content (AvgIpc) is 2.93. The van der Waals surface area contributed by atoms with Gasteiger partial charge in [-0.1, -0.05) is 48.0 Å². The smallest absolute Gasteiger partial charge is 0.246 e. The van der Waals surface area contributed by atoms with Crippen molar-refractivity contribution in [2.75, 3.05) is 18.4 Å². The van der Waals surface area contributed by atoms with Crippen LogP contribution in [-0.4, -0.2) is 43.7 Å². The van der Waals surface area contributed by atoms with Crippen molar-refractivity contribution in [3.8, 4) is 5.75 Å². The highest BCUT2D eigenvalue weighted by atomic mass is 32.2. The lowest BCUT2D eigenvalue weighted by atomic mass is 9.97. The highest BCUT2D eigenvalue weighted by Gasteiger charge is 2.32. The topological polar surface area (TPSA) is 105 Å². The summed E-state index contributed by atoms with van der Waals surface area (Å²) in [5.41, 5.74) is 2.65. The van der Waals surface area contributed by atoms with Gasteiger partial charge in [0.1, 0.15) is 18.4 Å². The predicted octanol–water partition coefficient (Wildman–Crippen LogP) is 4.12. The standard InChI is InChI=1S/C29H33N3O5S/c1-21-8-14-27(15-9-21)38(35,36)32-18-16-24(17-19-32)29(34)30-22(2)28(33)31-25-10-12-26(13-11-25)37-20-23-6-4-3-5-7-23/h3-15,22,24H,16-20H2,1-2H3,(H,30,34)(H,31,33)/t22-/m0/s1. The number of nitrogens with zero attached hydrogens (tertiary/aromatic N) is 1. The van der Waals surface area contributed by atoms with E-state index in [1.807, 2.05) is 37.3 Å². The third-order valence-electron chi connectivity index (χ3n) is 6.61. The molecular weight excluding hydrogens is 502 g/mol. The van der Waals surface area contributed by atoms with E-state index in [1.54, 1.807) is 55.5 Å². The Bertz CT molecular complexity index is 1340. The number of hydrogen-bond donors (Lipinski definition) is 2. The van der Waals surface area contributed by atoms with Crippen LogP contribution >= 0.6 is 0 Å². The monoisotopic (exact) mass is 535 g/mol. The van der Waals surface area contributed by atoms with Crippen LogP contribution in [0.1, 0.15) is 30.9 Å². The number of nitrogens with one attached hydrogen (secondary N) is 2. The molecule has 3 aromatic carbocycles. The first kappa shape index (κ1) is 27.3. The van der Waals surface area contributed by atoms with Crippen molar-refractivity contribution in [1.82, 2.24) is 9.62 Å². The lowest BCUT2D eigenvalue weighted by Crippen LogP contribution is -2.47. The van der Waals surface area contributed by atoms with E-state index in [0.29, 0.717) is 30.9 Å². The highest BCUT2D eigenvalue weighted by Crippen LogP contribution is 2.24. The van der Waals surface area contributed by atoms with E-state index in [-0.39, 0.29) is 35.7 Å². The van der Waals surface area contributed by atoms with Gasteiger partial charge in [0.15, 0.2) is 0 Å². The Morgan fingerprint density at radius 2 is 1.58 bits per heavy atom. The molecule has 0 spiro atoms. The van der Waals surface area contributed by atoms with Crippen molar-refractivity contribution in [3.63, 3.8) is 0 Å². The molecule has 3 aromatic rings. The summed E-state index contributed by atoms with van der Waals surface area (Å²) in [6.45, 7) is 4.50. The Kier molecular flexibility index (Phi) is 8.81. The number of amides is 2. The third kappa shape index (κ3) is 6.99. The number of sulfonamides is 1. The molecule has 1 aliphatic heterocycles. The van der Waals surface area contributed by atoms with Crippen molar-refractivity contribution in [1.29, 1.82) is 0 Å². The van der Waals surface area contributed by atoms with E-state index in [4.69, 9.17) is 4.74 Å². The van der Waals surface area contributed by atoms with E-state index in [0.717, 1.165) is 11.1 Å². The van der Waals surface area contributed by atoms with Gasteiger partial charge in [-0.2, -0.15) is 4.31 Å². The van der Waals surface area contributed by atoms with Crippen molar-refractivity contribution < 1.29 is 22.7 Å². The number of carbonyl (C=O) groups is 2. The molecule has 38 heavy (non-hydrogen) atoms. The third-order valence-corrected chi connectivity index (χ3v) is 8.52. The fourth-order valence-electron chi connectivity index (χ4n) is 4.24. The van der Waals surface area contributed by atoms with Gasteiger partial charge in [-0.3, -0.25) is 9.59 Å². The largest absolute Gasteiger partial charge is 0.489 e. The predicted molar refractivity (Wildman–Crippen MR) is 146 cm³/mol. The van der Waals surface area contributed by atoms with Crippen LogP contribution in [-0.2, 0) is 26.2 Å². The SMILES string of the molecule is Cc1ccc(S(=O)(=O)N2CCC(C(=O)N[C@@H](C)C(=O)Nc3ccc(OCc4ccccc4)cc3)CC2)cc1. The second-order valence-corrected chi connectivity index (χ2v) is 11.4. The van der Waals surface area contributed by atoms with Crippen LogP contribution in [0, 0.1) is 12.8 Å². The molecule has 0 aliphatic carbocycles. The van der Waals surface area contributed by atoms with Crippen LogP contribution in [0.5, 0.6) is 5.75 Å². The molecule has 1 saturated heterocycles. The molecule has 9 heteroatoms. The molecule has 1 heterocycles. The number of hydrogen-bond acceptors (Lipinski definition) is 5. The first-order chi connectivity index (χ1) is 18.2. The molecule has 1 fully saturated rings. The molecular formula is C29H33N3O5S. The van der Waals surface area contributed by atoms with Crippen LogP contribution < -0.4 is 15.4 Å².